The van der Waals surface area contributed by atoms with Gasteiger partial charge in [0.05, 0.1) is 45.0 Å². The van der Waals surface area contributed by atoms with Crippen LogP contribution in [-0.2, 0) is 0 Å². The van der Waals surface area contributed by atoms with Crippen LogP contribution in [0, 0.1) is 6.92 Å². The molecule has 7 heteroatoms. The molecule has 3 aromatic rings. The lowest BCUT2D eigenvalue weighted by Crippen LogP contribution is -2.22. The maximum atomic E-state index is 13.1. The molecular formula is C19H20N2O5. The standard InChI is InChI=1S/C19H20N2O5/c1-11-20-14-10-18(26-5)17(25-4)9-13(14)19(22)21(11)12-6-7-15(23-2)16(8-12)24-3/h6-10H,1-5H3. The van der Waals surface area contributed by atoms with Crippen molar-refractivity contribution in [3.63, 3.8) is 0 Å². The van der Waals surface area contributed by atoms with E-state index in [0.29, 0.717) is 45.4 Å². The summed E-state index contributed by atoms with van der Waals surface area (Å²) in [5.41, 5.74) is 0.969. The number of hydrogen-bond donors (Lipinski definition) is 0. The third-order valence-corrected chi connectivity index (χ3v) is 4.17. The van der Waals surface area contributed by atoms with Crippen molar-refractivity contribution in [2.24, 2.45) is 0 Å². The molecule has 0 aliphatic carbocycles. The molecule has 0 aliphatic heterocycles. The van der Waals surface area contributed by atoms with E-state index in [2.05, 4.69) is 4.98 Å². The second-order valence-electron chi connectivity index (χ2n) is 5.56. The molecule has 0 N–H and O–H groups in total. The fraction of sp³-hybridized carbons (Fsp3) is 0.263. The number of rotatable bonds is 5. The topological polar surface area (TPSA) is 71.8 Å². The number of aromatic nitrogens is 2. The van der Waals surface area contributed by atoms with Gasteiger partial charge in [-0.3, -0.25) is 9.36 Å². The highest BCUT2D eigenvalue weighted by atomic mass is 16.5. The molecule has 2 aromatic carbocycles. The van der Waals surface area contributed by atoms with Gasteiger partial charge in [-0.1, -0.05) is 0 Å². The van der Waals surface area contributed by atoms with E-state index in [4.69, 9.17) is 18.9 Å². The van der Waals surface area contributed by atoms with Crippen molar-refractivity contribution < 1.29 is 18.9 Å². The lowest BCUT2D eigenvalue weighted by Gasteiger charge is -2.15. The summed E-state index contributed by atoms with van der Waals surface area (Å²) in [6.45, 7) is 1.77. The maximum absolute atomic E-state index is 13.1. The second kappa shape index (κ2) is 6.95. The van der Waals surface area contributed by atoms with E-state index in [0.717, 1.165) is 0 Å². The molecule has 1 heterocycles. The Hall–Kier alpha value is -3.22. The first kappa shape index (κ1) is 17.6. The van der Waals surface area contributed by atoms with Gasteiger partial charge in [0.2, 0.25) is 0 Å². The number of hydrogen-bond acceptors (Lipinski definition) is 6. The van der Waals surface area contributed by atoms with Crippen LogP contribution in [0.15, 0.2) is 35.1 Å². The highest BCUT2D eigenvalue weighted by Crippen LogP contribution is 2.32. The summed E-state index contributed by atoms with van der Waals surface area (Å²) in [7, 11) is 6.18. The summed E-state index contributed by atoms with van der Waals surface area (Å²) in [5.74, 6) is 2.66. The zero-order valence-electron chi connectivity index (χ0n) is 15.3. The zero-order chi connectivity index (χ0) is 18.8. The molecular weight excluding hydrogens is 336 g/mol. The molecule has 7 nitrogen and oxygen atoms in total. The van der Waals surface area contributed by atoms with Gasteiger partial charge in [0.15, 0.2) is 23.0 Å². The molecule has 0 saturated heterocycles. The Bertz CT molecular complexity index is 1030. The first-order valence-electron chi connectivity index (χ1n) is 7.91. The van der Waals surface area contributed by atoms with Gasteiger partial charge < -0.3 is 18.9 Å². The molecule has 0 atom stereocenters. The van der Waals surface area contributed by atoms with Crippen molar-refractivity contribution in [1.29, 1.82) is 0 Å². The molecule has 136 valence electrons. The number of aryl methyl sites for hydroxylation is 1. The molecule has 0 saturated carbocycles. The molecule has 0 spiro atoms. The fourth-order valence-corrected chi connectivity index (χ4v) is 2.89. The second-order valence-corrected chi connectivity index (χ2v) is 5.56. The third kappa shape index (κ3) is 2.81. The van der Waals surface area contributed by atoms with E-state index < -0.39 is 0 Å². The number of ether oxygens (including phenoxy) is 4. The molecule has 3 rings (SSSR count). The van der Waals surface area contributed by atoms with Gasteiger partial charge >= 0.3 is 0 Å². The van der Waals surface area contributed by atoms with Crippen molar-refractivity contribution in [2.75, 3.05) is 28.4 Å². The Balaban J connectivity index is 2.29. The highest BCUT2D eigenvalue weighted by Gasteiger charge is 2.15. The Labute approximate surface area is 150 Å². The summed E-state index contributed by atoms with van der Waals surface area (Å²) in [6, 6.07) is 8.60. The minimum absolute atomic E-state index is 0.208. The summed E-state index contributed by atoms with van der Waals surface area (Å²) >= 11 is 0. The maximum Gasteiger partial charge on any atom is 0.266 e. The van der Waals surface area contributed by atoms with Crippen LogP contribution in [0.2, 0.25) is 0 Å². The fourth-order valence-electron chi connectivity index (χ4n) is 2.89. The van der Waals surface area contributed by atoms with Gasteiger partial charge in [0, 0.05) is 12.1 Å². The SMILES string of the molecule is COc1ccc(-n2c(C)nc3cc(OC)c(OC)cc3c2=O)cc1OC. The van der Waals surface area contributed by atoms with E-state index in [1.165, 1.54) is 11.7 Å². The molecule has 0 amide bonds. The summed E-state index contributed by atoms with van der Waals surface area (Å²) in [6.07, 6.45) is 0. The van der Waals surface area contributed by atoms with Crippen LogP contribution in [0.3, 0.4) is 0 Å². The normalized spacial score (nSPS) is 10.7. The quantitative estimate of drug-likeness (QED) is 0.700. The Morgan fingerprint density at radius 1 is 0.808 bits per heavy atom. The van der Waals surface area contributed by atoms with Gasteiger partial charge in [-0.2, -0.15) is 0 Å². The molecule has 0 aliphatic rings. The molecule has 1 aromatic heterocycles. The summed E-state index contributed by atoms with van der Waals surface area (Å²) < 4.78 is 22.7. The minimum atomic E-state index is -0.208. The van der Waals surface area contributed by atoms with Gasteiger partial charge in [0.1, 0.15) is 5.82 Å². The molecule has 0 fully saturated rings. The van der Waals surface area contributed by atoms with E-state index in [1.807, 2.05) is 0 Å². The first-order chi connectivity index (χ1) is 12.5. The van der Waals surface area contributed by atoms with E-state index >= 15 is 0 Å². The summed E-state index contributed by atoms with van der Waals surface area (Å²) in [5, 5.41) is 0.433. The van der Waals surface area contributed by atoms with Crippen molar-refractivity contribution in [3.05, 3.63) is 46.5 Å². The number of nitrogens with zero attached hydrogens (tertiary/aromatic N) is 2. The monoisotopic (exact) mass is 356 g/mol. The first-order valence-corrected chi connectivity index (χ1v) is 7.91. The van der Waals surface area contributed by atoms with Gasteiger partial charge in [0.25, 0.3) is 5.56 Å². The van der Waals surface area contributed by atoms with Crippen LogP contribution in [0.5, 0.6) is 23.0 Å². The lowest BCUT2D eigenvalue weighted by atomic mass is 10.2. The number of benzene rings is 2. The van der Waals surface area contributed by atoms with Crippen molar-refractivity contribution in [3.8, 4) is 28.7 Å². The largest absolute Gasteiger partial charge is 0.493 e. The van der Waals surface area contributed by atoms with E-state index in [1.54, 1.807) is 58.6 Å². The lowest BCUT2D eigenvalue weighted by molar-refractivity contribution is 0.355. The smallest absolute Gasteiger partial charge is 0.266 e. The Morgan fingerprint density at radius 2 is 1.38 bits per heavy atom. The highest BCUT2D eigenvalue weighted by molar-refractivity contribution is 5.82. The molecule has 0 radical (unpaired) electrons. The zero-order valence-corrected chi connectivity index (χ0v) is 15.3. The number of fused-ring (bicyclic) bond motifs is 1. The van der Waals surface area contributed by atoms with Crippen molar-refractivity contribution >= 4 is 10.9 Å². The van der Waals surface area contributed by atoms with Gasteiger partial charge in [-0.25, -0.2) is 4.98 Å². The average Bonchev–Trinajstić information content (AvgIpc) is 2.66. The molecule has 0 bridgehead atoms. The van der Waals surface area contributed by atoms with Crippen LogP contribution in [0.1, 0.15) is 5.82 Å². The average molecular weight is 356 g/mol. The van der Waals surface area contributed by atoms with E-state index in [9.17, 15) is 4.79 Å². The Morgan fingerprint density at radius 3 is 2.00 bits per heavy atom. The van der Waals surface area contributed by atoms with Crippen LogP contribution in [-0.4, -0.2) is 38.0 Å². The third-order valence-electron chi connectivity index (χ3n) is 4.17. The Kier molecular flexibility index (Phi) is 4.71. The van der Waals surface area contributed by atoms with Crippen LogP contribution < -0.4 is 24.5 Å². The van der Waals surface area contributed by atoms with Gasteiger partial charge in [-0.05, 0) is 25.1 Å². The van der Waals surface area contributed by atoms with Crippen LogP contribution in [0.4, 0.5) is 0 Å². The number of methoxy groups -OCH3 is 4. The van der Waals surface area contributed by atoms with E-state index in [-0.39, 0.29) is 5.56 Å². The van der Waals surface area contributed by atoms with Crippen LogP contribution in [0.25, 0.3) is 16.6 Å². The molecule has 26 heavy (non-hydrogen) atoms. The minimum Gasteiger partial charge on any atom is -0.493 e. The molecule has 0 unspecified atom stereocenters. The van der Waals surface area contributed by atoms with Crippen molar-refractivity contribution in [1.82, 2.24) is 9.55 Å². The predicted molar refractivity (Wildman–Crippen MR) is 98.3 cm³/mol. The van der Waals surface area contributed by atoms with Crippen LogP contribution >= 0.6 is 0 Å². The summed E-state index contributed by atoms with van der Waals surface area (Å²) in [4.78, 5) is 17.7. The predicted octanol–water partition coefficient (Wildman–Crippen LogP) is 2.73. The van der Waals surface area contributed by atoms with Gasteiger partial charge in [-0.15, -0.1) is 0 Å². The van der Waals surface area contributed by atoms with Crippen molar-refractivity contribution in [2.45, 2.75) is 6.92 Å².